The van der Waals surface area contributed by atoms with E-state index < -0.39 is 0 Å². The number of benzene rings is 1. The molecule has 0 saturated carbocycles. The number of hydrogen-bond acceptors (Lipinski definition) is 4. The highest BCUT2D eigenvalue weighted by atomic mass is 32.2. The predicted octanol–water partition coefficient (Wildman–Crippen LogP) is 2.26. The predicted molar refractivity (Wildman–Crippen MR) is 74.7 cm³/mol. The average Bonchev–Trinajstić information content (AvgIpc) is 2.30. The van der Waals surface area contributed by atoms with Crippen LogP contribution in [-0.2, 0) is 5.75 Å². The average molecular weight is 261 g/mol. The summed E-state index contributed by atoms with van der Waals surface area (Å²) in [4.78, 5) is 18.3. The lowest BCUT2D eigenvalue weighted by atomic mass is 10.1. The van der Waals surface area contributed by atoms with Crippen LogP contribution in [0.25, 0.3) is 0 Å². The SMILES string of the molecule is Cc1cc(=O)[nH]c(SCc2cccc(N)c2C)n1. The van der Waals surface area contributed by atoms with Crippen LogP contribution in [0.2, 0.25) is 0 Å². The molecule has 0 saturated heterocycles. The molecule has 0 radical (unpaired) electrons. The van der Waals surface area contributed by atoms with E-state index in [1.54, 1.807) is 0 Å². The van der Waals surface area contributed by atoms with Crippen molar-refractivity contribution >= 4 is 17.4 Å². The molecule has 0 bridgehead atoms. The van der Waals surface area contributed by atoms with Crippen LogP contribution in [0.1, 0.15) is 16.8 Å². The van der Waals surface area contributed by atoms with Gasteiger partial charge < -0.3 is 10.7 Å². The third-order valence-electron chi connectivity index (χ3n) is 2.70. The van der Waals surface area contributed by atoms with Gasteiger partial charge >= 0.3 is 0 Å². The van der Waals surface area contributed by atoms with Gasteiger partial charge in [0.15, 0.2) is 5.16 Å². The Morgan fingerprint density at radius 2 is 2.17 bits per heavy atom. The van der Waals surface area contributed by atoms with Gasteiger partial charge in [0.25, 0.3) is 5.56 Å². The number of aromatic amines is 1. The zero-order valence-electron chi connectivity index (χ0n) is 10.4. The second-order valence-corrected chi connectivity index (χ2v) is 5.08. The first-order chi connectivity index (χ1) is 8.56. The van der Waals surface area contributed by atoms with Crippen LogP contribution < -0.4 is 11.3 Å². The summed E-state index contributed by atoms with van der Waals surface area (Å²) >= 11 is 1.50. The van der Waals surface area contributed by atoms with Gasteiger partial charge in [-0.2, -0.15) is 0 Å². The number of rotatable bonds is 3. The lowest BCUT2D eigenvalue weighted by Crippen LogP contribution is -2.08. The lowest BCUT2D eigenvalue weighted by molar-refractivity contribution is 0.905. The number of hydrogen-bond donors (Lipinski definition) is 2. The molecule has 0 aliphatic rings. The van der Waals surface area contributed by atoms with Crippen molar-refractivity contribution in [1.29, 1.82) is 0 Å². The highest BCUT2D eigenvalue weighted by Gasteiger charge is 2.04. The van der Waals surface area contributed by atoms with Crippen molar-refractivity contribution in [3.8, 4) is 0 Å². The fraction of sp³-hybridized carbons (Fsp3) is 0.231. The maximum Gasteiger partial charge on any atom is 0.251 e. The second kappa shape index (κ2) is 5.27. The van der Waals surface area contributed by atoms with Crippen LogP contribution in [0.15, 0.2) is 34.2 Å². The van der Waals surface area contributed by atoms with Crippen molar-refractivity contribution in [3.63, 3.8) is 0 Å². The maximum absolute atomic E-state index is 11.3. The van der Waals surface area contributed by atoms with Gasteiger partial charge in [-0.15, -0.1) is 0 Å². The fourth-order valence-corrected chi connectivity index (χ4v) is 2.61. The zero-order chi connectivity index (χ0) is 13.1. The van der Waals surface area contributed by atoms with Gasteiger partial charge in [-0.1, -0.05) is 23.9 Å². The molecule has 1 aromatic heterocycles. The lowest BCUT2D eigenvalue weighted by Gasteiger charge is -2.07. The molecule has 2 aromatic rings. The van der Waals surface area contributed by atoms with Crippen LogP contribution in [0.4, 0.5) is 5.69 Å². The van der Waals surface area contributed by atoms with Crippen LogP contribution in [0.5, 0.6) is 0 Å². The van der Waals surface area contributed by atoms with E-state index >= 15 is 0 Å². The van der Waals surface area contributed by atoms with E-state index in [0.717, 1.165) is 28.3 Å². The van der Waals surface area contributed by atoms with Gasteiger partial charge in [-0.25, -0.2) is 4.98 Å². The molecule has 1 aromatic carbocycles. The summed E-state index contributed by atoms with van der Waals surface area (Å²) in [7, 11) is 0. The van der Waals surface area contributed by atoms with Gasteiger partial charge in [0.1, 0.15) is 0 Å². The van der Waals surface area contributed by atoms with Gasteiger partial charge in [0, 0.05) is 23.2 Å². The van der Waals surface area contributed by atoms with Crippen molar-refractivity contribution in [3.05, 3.63) is 51.4 Å². The van der Waals surface area contributed by atoms with Crippen molar-refractivity contribution in [2.45, 2.75) is 24.8 Å². The normalized spacial score (nSPS) is 10.6. The monoisotopic (exact) mass is 261 g/mol. The smallest absolute Gasteiger partial charge is 0.251 e. The Kier molecular flexibility index (Phi) is 3.72. The number of thioether (sulfide) groups is 1. The Labute approximate surface area is 110 Å². The Morgan fingerprint density at radius 1 is 1.39 bits per heavy atom. The topological polar surface area (TPSA) is 71.8 Å². The summed E-state index contributed by atoms with van der Waals surface area (Å²) in [5.41, 5.74) is 9.50. The standard InChI is InChI=1S/C13H15N3OS/c1-8-6-12(17)16-13(15-8)18-7-10-4-3-5-11(14)9(10)2/h3-6H,7,14H2,1-2H3,(H,15,16,17). The molecule has 2 rings (SSSR count). The molecule has 4 nitrogen and oxygen atoms in total. The van der Waals surface area contributed by atoms with E-state index in [1.165, 1.54) is 17.8 Å². The van der Waals surface area contributed by atoms with E-state index in [1.807, 2.05) is 32.0 Å². The second-order valence-electron chi connectivity index (χ2n) is 4.11. The Bertz CT molecular complexity index is 622. The third kappa shape index (κ3) is 2.92. The molecule has 0 unspecified atom stereocenters. The zero-order valence-corrected chi connectivity index (χ0v) is 11.2. The van der Waals surface area contributed by atoms with E-state index in [2.05, 4.69) is 9.97 Å². The van der Waals surface area contributed by atoms with E-state index in [-0.39, 0.29) is 5.56 Å². The van der Waals surface area contributed by atoms with E-state index in [4.69, 9.17) is 5.73 Å². The number of anilines is 1. The maximum atomic E-state index is 11.3. The van der Waals surface area contributed by atoms with Gasteiger partial charge in [0.05, 0.1) is 0 Å². The Hall–Kier alpha value is -1.75. The minimum Gasteiger partial charge on any atom is -0.399 e. The number of aryl methyl sites for hydroxylation is 1. The fourth-order valence-electron chi connectivity index (χ4n) is 1.63. The summed E-state index contributed by atoms with van der Waals surface area (Å²) in [6.45, 7) is 3.81. The molecular weight excluding hydrogens is 246 g/mol. The van der Waals surface area contributed by atoms with Gasteiger partial charge in [0.2, 0.25) is 0 Å². The summed E-state index contributed by atoms with van der Waals surface area (Å²) in [5, 5.41) is 0.641. The number of H-pyrrole nitrogens is 1. The first-order valence-electron chi connectivity index (χ1n) is 5.61. The highest BCUT2D eigenvalue weighted by Crippen LogP contribution is 2.23. The van der Waals surface area contributed by atoms with E-state index in [9.17, 15) is 4.79 Å². The molecular formula is C13H15N3OS. The molecule has 18 heavy (non-hydrogen) atoms. The number of aromatic nitrogens is 2. The summed E-state index contributed by atoms with van der Waals surface area (Å²) in [6.07, 6.45) is 0. The van der Waals surface area contributed by atoms with Crippen molar-refractivity contribution in [2.75, 3.05) is 5.73 Å². The molecule has 0 amide bonds. The molecule has 0 atom stereocenters. The molecule has 5 heteroatoms. The summed E-state index contributed by atoms with van der Waals surface area (Å²) in [6, 6.07) is 7.34. The van der Waals surface area contributed by atoms with Crippen molar-refractivity contribution in [1.82, 2.24) is 9.97 Å². The van der Waals surface area contributed by atoms with Gasteiger partial charge in [-0.3, -0.25) is 4.79 Å². The number of nitrogens with two attached hydrogens (primary N) is 1. The Morgan fingerprint density at radius 3 is 2.89 bits per heavy atom. The summed E-state index contributed by atoms with van der Waals surface area (Å²) < 4.78 is 0. The molecule has 3 N–H and O–H groups in total. The molecule has 0 aliphatic carbocycles. The Balaban J connectivity index is 2.16. The molecule has 0 fully saturated rings. The quantitative estimate of drug-likeness (QED) is 0.505. The van der Waals surface area contributed by atoms with Crippen molar-refractivity contribution < 1.29 is 0 Å². The molecule has 0 spiro atoms. The van der Waals surface area contributed by atoms with Crippen LogP contribution in [0.3, 0.4) is 0 Å². The van der Waals surface area contributed by atoms with Crippen LogP contribution >= 0.6 is 11.8 Å². The minimum atomic E-state index is -0.116. The van der Waals surface area contributed by atoms with E-state index in [0.29, 0.717) is 5.16 Å². The number of nitrogens with zero attached hydrogens (tertiary/aromatic N) is 1. The minimum absolute atomic E-state index is 0.116. The molecule has 94 valence electrons. The number of nitrogen functional groups attached to an aromatic ring is 1. The molecule has 0 aliphatic heterocycles. The van der Waals surface area contributed by atoms with Crippen LogP contribution in [-0.4, -0.2) is 9.97 Å². The van der Waals surface area contributed by atoms with Crippen LogP contribution in [0, 0.1) is 13.8 Å². The first-order valence-corrected chi connectivity index (χ1v) is 6.59. The third-order valence-corrected chi connectivity index (χ3v) is 3.62. The highest BCUT2D eigenvalue weighted by molar-refractivity contribution is 7.98. The van der Waals surface area contributed by atoms with Gasteiger partial charge in [-0.05, 0) is 31.0 Å². The molecule has 1 heterocycles. The van der Waals surface area contributed by atoms with Crippen molar-refractivity contribution in [2.24, 2.45) is 0 Å². The summed E-state index contributed by atoms with van der Waals surface area (Å²) in [5.74, 6) is 0.739. The number of nitrogens with one attached hydrogen (secondary N) is 1. The largest absolute Gasteiger partial charge is 0.399 e. The first kappa shape index (κ1) is 12.7.